The Morgan fingerprint density at radius 2 is 1.42 bits per heavy atom. The second-order valence-corrected chi connectivity index (χ2v) is 4.97. The fraction of sp³-hybridized carbons (Fsp3) is 0.727. The molecule has 0 spiro atoms. The number of esters is 3. The van der Waals surface area contributed by atoms with Crippen molar-refractivity contribution in [3.63, 3.8) is 0 Å². The third kappa shape index (κ3) is 4.81. The summed E-state index contributed by atoms with van der Waals surface area (Å²) in [5.74, 6) is -1.64. The van der Waals surface area contributed by atoms with Crippen molar-refractivity contribution in [2.24, 2.45) is 0 Å². The monoisotopic (exact) mass is 339 g/mol. The van der Waals surface area contributed by atoms with Gasteiger partial charge in [0.25, 0.3) is 0 Å². The molecule has 1 radical (unpaired) electrons. The average molecular weight is 338 g/mol. The van der Waals surface area contributed by atoms with E-state index in [1.807, 2.05) is 0 Å². The number of hydrogen-bond acceptors (Lipinski definition) is 7. The maximum atomic E-state index is 11.1. The molecular formula is C11H15O7Se. The third-order valence-electron chi connectivity index (χ3n) is 2.30. The van der Waals surface area contributed by atoms with Crippen molar-refractivity contribution in [3.05, 3.63) is 0 Å². The van der Waals surface area contributed by atoms with E-state index in [4.69, 9.17) is 18.9 Å². The Hall–Kier alpha value is -1.11. The fourth-order valence-electron chi connectivity index (χ4n) is 1.71. The van der Waals surface area contributed by atoms with Gasteiger partial charge in [0.1, 0.15) is 0 Å². The summed E-state index contributed by atoms with van der Waals surface area (Å²) in [6.45, 7) is 3.73. The molecule has 1 heterocycles. The van der Waals surface area contributed by atoms with Crippen LogP contribution in [-0.2, 0) is 33.3 Å². The van der Waals surface area contributed by atoms with E-state index in [-0.39, 0.29) is 6.61 Å². The molecule has 0 aromatic carbocycles. The molecule has 1 aliphatic rings. The van der Waals surface area contributed by atoms with Gasteiger partial charge in [-0.2, -0.15) is 0 Å². The van der Waals surface area contributed by atoms with Gasteiger partial charge in [0.15, 0.2) is 0 Å². The van der Waals surface area contributed by atoms with E-state index in [9.17, 15) is 14.4 Å². The van der Waals surface area contributed by atoms with Crippen LogP contribution in [0.3, 0.4) is 0 Å². The summed E-state index contributed by atoms with van der Waals surface area (Å²) < 4.78 is 20.5. The molecule has 0 aromatic rings. The van der Waals surface area contributed by atoms with Crippen molar-refractivity contribution < 1.29 is 33.3 Å². The van der Waals surface area contributed by atoms with Crippen LogP contribution in [0.15, 0.2) is 0 Å². The van der Waals surface area contributed by atoms with E-state index >= 15 is 0 Å². The van der Waals surface area contributed by atoms with Crippen LogP contribution in [0.2, 0.25) is 0 Å². The zero-order chi connectivity index (χ0) is 14.6. The van der Waals surface area contributed by atoms with Crippen molar-refractivity contribution in [1.82, 2.24) is 0 Å². The molecule has 0 aromatic heterocycles. The summed E-state index contributed by atoms with van der Waals surface area (Å²) in [7, 11) is 0. The number of ether oxygens (including phenoxy) is 4. The molecule has 0 aliphatic carbocycles. The molecule has 1 fully saturated rings. The SMILES string of the molecule is CC(=O)OC1COC([Se])C(OC(C)=O)C1OC(C)=O. The molecule has 0 saturated carbocycles. The van der Waals surface area contributed by atoms with Crippen molar-refractivity contribution in [1.29, 1.82) is 0 Å². The first-order valence-corrected chi connectivity index (χ1v) is 6.59. The molecular weight excluding hydrogens is 323 g/mol. The van der Waals surface area contributed by atoms with Gasteiger partial charge in [0, 0.05) is 0 Å². The number of carbonyl (C=O) groups is 3. The molecule has 0 bridgehead atoms. The van der Waals surface area contributed by atoms with Crippen LogP contribution in [0.25, 0.3) is 0 Å². The van der Waals surface area contributed by atoms with Crippen LogP contribution in [-0.4, -0.2) is 63.8 Å². The van der Waals surface area contributed by atoms with Gasteiger partial charge < -0.3 is 0 Å². The van der Waals surface area contributed by atoms with Gasteiger partial charge >= 0.3 is 118 Å². The van der Waals surface area contributed by atoms with Gasteiger partial charge in [-0.25, -0.2) is 0 Å². The van der Waals surface area contributed by atoms with Crippen LogP contribution in [0.5, 0.6) is 0 Å². The topological polar surface area (TPSA) is 88.1 Å². The second-order valence-electron chi connectivity index (χ2n) is 4.00. The van der Waals surface area contributed by atoms with E-state index in [2.05, 4.69) is 16.0 Å². The summed E-state index contributed by atoms with van der Waals surface area (Å²) in [5.41, 5.74) is 0. The number of carbonyl (C=O) groups excluding carboxylic acids is 3. The number of hydrogen-bond donors (Lipinski definition) is 0. The van der Waals surface area contributed by atoms with E-state index in [0.717, 1.165) is 0 Å². The van der Waals surface area contributed by atoms with Crippen LogP contribution >= 0.6 is 0 Å². The van der Waals surface area contributed by atoms with Gasteiger partial charge in [0.2, 0.25) is 0 Å². The molecule has 0 N–H and O–H groups in total. The van der Waals surface area contributed by atoms with Crippen molar-refractivity contribution in [3.8, 4) is 0 Å². The van der Waals surface area contributed by atoms with E-state index in [1.54, 1.807) is 0 Å². The standard InChI is InChI=1S/C11H15O7Se/c1-5(12)16-8-4-15-11(19)10(18-7(3)14)9(8)17-6(2)13/h8-11H,4H2,1-3H3. The first kappa shape index (κ1) is 15.9. The second kappa shape index (κ2) is 6.88. The first-order chi connectivity index (χ1) is 8.81. The fourth-order valence-corrected chi connectivity index (χ4v) is 2.32. The zero-order valence-corrected chi connectivity index (χ0v) is 12.5. The molecule has 4 unspecified atom stereocenters. The Kier molecular flexibility index (Phi) is 5.78. The van der Waals surface area contributed by atoms with E-state index in [1.165, 1.54) is 20.8 Å². The minimum atomic E-state index is -0.898. The Morgan fingerprint density at radius 1 is 0.947 bits per heavy atom. The molecule has 0 amide bonds. The van der Waals surface area contributed by atoms with Crippen LogP contribution in [0, 0.1) is 0 Å². The Labute approximate surface area is 118 Å². The summed E-state index contributed by atoms with van der Waals surface area (Å²) in [4.78, 5) is 33.2. The Balaban J connectivity index is 2.89. The molecule has 19 heavy (non-hydrogen) atoms. The molecule has 8 heteroatoms. The average Bonchev–Trinajstić information content (AvgIpc) is 2.25. The van der Waals surface area contributed by atoms with Crippen LogP contribution < -0.4 is 0 Å². The minimum absolute atomic E-state index is 0.0486. The molecule has 1 aliphatic heterocycles. The van der Waals surface area contributed by atoms with E-state index < -0.39 is 41.2 Å². The molecule has 7 nitrogen and oxygen atoms in total. The van der Waals surface area contributed by atoms with Gasteiger partial charge in [-0.1, -0.05) is 0 Å². The molecule has 1 saturated heterocycles. The van der Waals surface area contributed by atoms with Crippen molar-refractivity contribution in [2.45, 2.75) is 44.1 Å². The summed E-state index contributed by atoms with van der Waals surface area (Å²) in [6.07, 6.45) is -2.57. The maximum absolute atomic E-state index is 11.1. The van der Waals surface area contributed by atoms with Gasteiger partial charge in [0.05, 0.1) is 0 Å². The quantitative estimate of drug-likeness (QED) is 0.382. The van der Waals surface area contributed by atoms with Gasteiger partial charge in [-0.05, 0) is 0 Å². The van der Waals surface area contributed by atoms with Crippen LogP contribution in [0.4, 0.5) is 0 Å². The van der Waals surface area contributed by atoms with E-state index in [0.29, 0.717) is 0 Å². The van der Waals surface area contributed by atoms with Crippen molar-refractivity contribution in [2.75, 3.05) is 6.61 Å². The third-order valence-corrected chi connectivity index (χ3v) is 3.15. The predicted molar refractivity (Wildman–Crippen MR) is 62.2 cm³/mol. The summed E-state index contributed by atoms with van der Waals surface area (Å²) >= 11 is 2.68. The Morgan fingerprint density at radius 3 is 1.89 bits per heavy atom. The normalized spacial score (nSPS) is 30.3. The summed E-state index contributed by atoms with van der Waals surface area (Å²) in [6, 6.07) is 0. The van der Waals surface area contributed by atoms with Gasteiger partial charge in [-0.3, -0.25) is 0 Å². The molecule has 1 rings (SSSR count). The molecule has 107 valence electrons. The predicted octanol–water partition coefficient (Wildman–Crippen LogP) is -0.694. The number of rotatable bonds is 3. The zero-order valence-electron chi connectivity index (χ0n) is 10.8. The first-order valence-electron chi connectivity index (χ1n) is 5.60. The summed E-state index contributed by atoms with van der Waals surface area (Å²) in [5, 5.41) is -0.583. The molecule has 4 atom stereocenters. The Bertz CT molecular complexity index is 370. The van der Waals surface area contributed by atoms with Crippen LogP contribution in [0.1, 0.15) is 20.8 Å². The van der Waals surface area contributed by atoms with Crippen molar-refractivity contribution >= 4 is 33.9 Å². The van der Waals surface area contributed by atoms with Gasteiger partial charge in [-0.15, -0.1) is 0 Å².